The van der Waals surface area contributed by atoms with Crippen LogP contribution in [0.5, 0.6) is 0 Å². The molecule has 114 valence electrons. The first-order valence-electron chi connectivity index (χ1n) is 7.37. The summed E-state index contributed by atoms with van der Waals surface area (Å²) in [7, 11) is 0. The number of carboxylic acids is 1. The highest BCUT2D eigenvalue weighted by Crippen LogP contribution is 2.23. The Morgan fingerprint density at radius 1 is 1.19 bits per heavy atom. The zero-order valence-corrected chi connectivity index (χ0v) is 12.5. The van der Waals surface area contributed by atoms with Gasteiger partial charge < -0.3 is 15.3 Å². The monoisotopic (exact) mass is 290 g/mol. The predicted octanol–water partition coefficient (Wildman–Crippen LogP) is 2.78. The van der Waals surface area contributed by atoms with E-state index in [1.54, 1.807) is 29.2 Å². The highest BCUT2D eigenvalue weighted by atomic mass is 16.4. The molecule has 0 radical (unpaired) electrons. The van der Waals surface area contributed by atoms with Gasteiger partial charge in [-0.1, -0.05) is 30.3 Å². The fraction of sp³-hybridized carbons (Fsp3) is 0.500. The topological polar surface area (TPSA) is 69.6 Å². The molecular weight excluding hydrogens is 268 g/mol. The third-order valence-electron chi connectivity index (χ3n) is 4.08. The second kappa shape index (κ2) is 6.61. The molecular formula is C16H22N2O3. The van der Waals surface area contributed by atoms with Gasteiger partial charge in [0, 0.05) is 12.1 Å². The summed E-state index contributed by atoms with van der Waals surface area (Å²) >= 11 is 0. The standard InChI is InChI=1S/C16H22N2O3/c1-11-7-6-8-12(2)18(11)16(21)17-14(15(19)20)13-9-4-3-5-10-13/h3-5,9-12,14H,6-8H2,1-2H3,(H,17,21)(H,19,20). The summed E-state index contributed by atoms with van der Waals surface area (Å²) in [6.07, 6.45) is 3.02. The Kier molecular flexibility index (Phi) is 4.83. The minimum absolute atomic E-state index is 0.138. The van der Waals surface area contributed by atoms with Crippen molar-refractivity contribution in [1.29, 1.82) is 0 Å². The van der Waals surface area contributed by atoms with Crippen molar-refractivity contribution in [3.63, 3.8) is 0 Å². The summed E-state index contributed by atoms with van der Waals surface area (Å²) in [4.78, 5) is 25.7. The summed E-state index contributed by atoms with van der Waals surface area (Å²) in [6.45, 7) is 4.01. The van der Waals surface area contributed by atoms with Crippen LogP contribution in [-0.4, -0.2) is 34.1 Å². The van der Waals surface area contributed by atoms with Gasteiger partial charge in [0.2, 0.25) is 0 Å². The van der Waals surface area contributed by atoms with Crippen LogP contribution in [0.1, 0.15) is 44.7 Å². The third kappa shape index (κ3) is 3.54. The number of benzene rings is 1. The summed E-state index contributed by atoms with van der Waals surface area (Å²) in [5.74, 6) is -1.05. The molecule has 3 atom stereocenters. The number of rotatable bonds is 3. The molecule has 2 amide bonds. The number of aliphatic carboxylic acids is 1. The minimum atomic E-state index is -1.05. The second-order valence-corrected chi connectivity index (χ2v) is 5.67. The molecule has 1 aromatic carbocycles. The van der Waals surface area contributed by atoms with Gasteiger partial charge in [0.1, 0.15) is 0 Å². The van der Waals surface area contributed by atoms with Crippen LogP contribution in [-0.2, 0) is 4.79 Å². The molecule has 2 N–H and O–H groups in total. The molecule has 5 nitrogen and oxygen atoms in total. The van der Waals surface area contributed by atoms with Crippen molar-refractivity contribution in [2.24, 2.45) is 0 Å². The normalized spacial score (nSPS) is 23.4. The van der Waals surface area contributed by atoms with Gasteiger partial charge in [0.15, 0.2) is 6.04 Å². The van der Waals surface area contributed by atoms with Crippen molar-refractivity contribution >= 4 is 12.0 Å². The Hall–Kier alpha value is -2.04. The Morgan fingerprint density at radius 3 is 2.29 bits per heavy atom. The first-order valence-corrected chi connectivity index (χ1v) is 7.37. The number of amides is 2. The lowest BCUT2D eigenvalue weighted by Gasteiger charge is -2.39. The van der Waals surface area contributed by atoms with Gasteiger partial charge in [-0.25, -0.2) is 9.59 Å². The van der Waals surface area contributed by atoms with E-state index in [0.29, 0.717) is 5.56 Å². The summed E-state index contributed by atoms with van der Waals surface area (Å²) in [5, 5.41) is 12.0. The third-order valence-corrected chi connectivity index (χ3v) is 4.08. The number of nitrogens with zero attached hydrogens (tertiary/aromatic N) is 1. The van der Waals surface area contributed by atoms with E-state index in [-0.39, 0.29) is 18.1 Å². The molecule has 1 aliphatic rings. The lowest BCUT2D eigenvalue weighted by Crippen LogP contribution is -2.53. The molecule has 0 saturated carbocycles. The fourth-order valence-electron chi connectivity index (χ4n) is 2.95. The van der Waals surface area contributed by atoms with E-state index in [0.717, 1.165) is 19.3 Å². The van der Waals surface area contributed by atoms with Gasteiger partial charge >= 0.3 is 12.0 Å². The average Bonchev–Trinajstić information content (AvgIpc) is 2.45. The molecule has 1 saturated heterocycles. The number of carbonyl (C=O) groups excluding carboxylic acids is 1. The molecule has 3 unspecified atom stereocenters. The smallest absolute Gasteiger partial charge is 0.330 e. The largest absolute Gasteiger partial charge is 0.479 e. The van der Waals surface area contributed by atoms with Gasteiger partial charge in [-0.05, 0) is 38.7 Å². The average molecular weight is 290 g/mol. The van der Waals surface area contributed by atoms with Crippen LogP contribution in [0.4, 0.5) is 4.79 Å². The van der Waals surface area contributed by atoms with Crippen LogP contribution < -0.4 is 5.32 Å². The van der Waals surface area contributed by atoms with E-state index in [4.69, 9.17) is 0 Å². The van der Waals surface area contributed by atoms with E-state index in [9.17, 15) is 14.7 Å². The number of carboxylic acid groups (broad SMARTS) is 1. The van der Waals surface area contributed by atoms with Crippen LogP contribution >= 0.6 is 0 Å². The summed E-state index contributed by atoms with van der Waals surface area (Å²) in [5.41, 5.74) is 0.579. The SMILES string of the molecule is CC1CCCC(C)N1C(=O)NC(C(=O)O)c1ccccc1. The van der Waals surface area contributed by atoms with Crippen molar-refractivity contribution in [1.82, 2.24) is 10.2 Å². The lowest BCUT2D eigenvalue weighted by molar-refractivity contribution is -0.139. The molecule has 1 aliphatic heterocycles. The first-order chi connectivity index (χ1) is 10.0. The van der Waals surface area contributed by atoms with Gasteiger partial charge in [-0.15, -0.1) is 0 Å². The zero-order valence-electron chi connectivity index (χ0n) is 12.5. The lowest BCUT2D eigenvalue weighted by atomic mass is 9.98. The molecule has 1 fully saturated rings. The first kappa shape index (κ1) is 15.4. The number of nitrogens with one attached hydrogen (secondary N) is 1. The molecule has 1 aromatic rings. The summed E-state index contributed by atoms with van der Waals surface area (Å²) in [6, 6.07) is 7.74. The van der Waals surface area contributed by atoms with Gasteiger partial charge in [0.25, 0.3) is 0 Å². The number of carbonyl (C=O) groups is 2. The number of hydrogen-bond donors (Lipinski definition) is 2. The van der Waals surface area contributed by atoms with Crippen molar-refractivity contribution < 1.29 is 14.7 Å². The van der Waals surface area contributed by atoms with E-state index in [1.165, 1.54) is 0 Å². The quantitative estimate of drug-likeness (QED) is 0.899. The maximum atomic E-state index is 12.5. The molecule has 5 heteroatoms. The maximum absolute atomic E-state index is 12.5. The van der Waals surface area contributed by atoms with Gasteiger partial charge in [-0.2, -0.15) is 0 Å². The molecule has 0 aromatic heterocycles. The van der Waals surface area contributed by atoms with Crippen LogP contribution in [0.15, 0.2) is 30.3 Å². The Morgan fingerprint density at radius 2 is 1.76 bits per heavy atom. The minimum Gasteiger partial charge on any atom is -0.479 e. The highest BCUT2D eigenvalue weighted by Gasteiger charge is 2.31. The molecule has 0 spiro atoms. The molecule has 2 rings (SSSR count). The number of likely N-dealkylation sites (tertiary alicyclic amines) is 1. The number of urea groups is 1. The van der Waals surface area contributed by atoms with Crippen LogP contribution in [0.3, 0.4) is 0 Å². The van der Waals surface area contributed by atoms with E-state index in [2.05, 4.69) is 5.32 Å². The van der Waals surface area contributed by atoms with Gasteiger partial charge in [-0.3, -0.25) is 0 Å². The maximum Gasteiger partial charge on any atom is 0.330 e. The Bertz CT molecular complexity index is 494. The number of hydrogen-bond acceptors (Lipinski definition) is 2. The Labute approximate surface area is 125 Å². The molecule has 0 bridgehead atoms. The van der Waals surface area contributed by atoms with E-state index >= 15 is 0 Å². The van der Waals surface area contributed by atoms with E-state index < -0.39 is 12.0 Å². The van der Waals surface area contributed by atoms with Crippen molar-refractivity contribution in [2.45, 2.75) is 51.2 Å². The van der Waals surface area contributed by atoms with Gasteiger partial charge in [0.05, 0.1) is 0 Å². The van der Waals surface area contributed by atoms with Crippen LogP contribution in [0.25, 0.3) is 0 Å². The second-order valence-electron chi connectivity index (χ2n) is 5.67. The molecule has 21 heavy (non-hydrogen) atoms. The summed E-state index contributed by atoms with van der Waals surface area (Å²) < 4.78 is 0. The highest BCUT2D eigenvalue weighted by molar-refractivity contribution is 5.84. The predicted molar refractivity (Wildman–Crippen MR) is 80.0 cm³/mol. The molecule has 0 aliphatic carbocycles. The zero-order chi connectivity index (χ0) is 15.4. The van der Waals surface area contributed by atoms with Crippen molar-refractivity contribution in [3.05, 3.63) is 35.9 Å². The Balaban J connectivity index is 2.13. The van der Waals surface area contributed by atoms with Crippen LogP contribution in [0, 0.1) is 0 Å². The van der Waals surface area contributed by atoms with Crippen molar-refractivity contribution in [3.8, 4) is 0 Å². The number of piperidine rings is 1. The van der Waals surface area contributed by atoms with Crippen LogP contribution in [0.2, 0.25) is 0 Å². The van der Waals surface area contributed by atoms with Crippen molar-refractivity contribution in [2.75, 3.05) is 0 Å². The van der Waals surface area contributed by atoms with E-state index in [1.807, 2.05) is 19.9 Å². The molecule has 1 heterocycles. The fourth-order valence-corrected chi connectivity index (χ4v) is 2.95.